The zero-order valence-corrected chi connectivity index (χ0v) is 27.9. The minimum absolute atomic E-state index is 0.200. The number of imidazole rings is 1. The number of thiazole rings is 1. The Balaban J connectivity index is 1.29. The fraction of sp³-hybridized carbons (Fsp3) is 0.159. The van der Waals surface area contributed by atoms with E-state index in [9.17, 15) is 0 Å². The molecule has 0 radical (unpaired) electrons. The summed E-state index contributed by atoms with van der Waals surface area (Å²) in [5, 5.41) is 0. The third-order valence-electron chi connectivity index (χ3n) is 10.1. The molecule has 0 fully saturated rings. The summed E-state index contributed by atoms with van der Waals surface area (Å²) in [7, 11) is 0. The van der Waals surface area contributed by atoms with Gasteiger partial charge in [0.2, 0.25) is 0 Å². The molecule has 8 aromatic rings. The van der Waals surface area contributed by atoms with E-state index in [1.54, 1.807) is 36.5 Å². The van der Waals surface area contributed by atoms with Gasteiger partial charge in [-0.1, -0.05) is 110 Å². The molecule has 48 heavy (non-hydrogen) atoms. The third kappa shape index (κ3) is 4.02. The maximum atomic E-state index is 9.03. The van der Waals surface area contributed by atoms with Crippen LogP contribution in [0.4, 0.5) is 0 Å². The Morgan fingerprint density at radius 3 is 2.15 bits per heavy atom. The molecule has 2 aromatic heterocycles. The largest absolute Gasteiger partial charge is 0.456 e. The van der Waals surface area contributed by atoms with Gasteiger partial charge in [-0.3, -0.25) is 4.40 Å². The van der Waals surface area contributed by atoms with Gasteiger partial charge in [-0.15, -0.1) is 0 Å². The van der Waals surface area contributed by atoms with Crippen LogP contribution in [0.1, 0.15) is 55.4 Å². The maximum absolute atomic E-state index is 9.03. The topological polar surface area (TPSA) is 26.5 Å². The van der Waals surface area contributed by atoms with Crippen molar-refractivity contribution in [2.75, 3.05) is 0 Å². The second-order valence-corrected chi connectivity index (χ2v) is 14.0. The summed E-state index contributed by atoms with van der Waals surface area (Å²) >= 11 is 1.65. The molecular weight excluding hydrogens is 605 g/mol. The monoisotopic (exact) mass is 646 g/mol. The van der Waals surface area contributed by atoms with E-state index in [4.69, 9.17) is 17.9 Å². The van der Waals surface area contributed by atoms with Gasteiger partial charge in [0, 0.05) is 35.9 Å². The number of nitrogens with zero attached hydrogens (tertiary/aromatic N) is 2. The molecule has 1 unspecified atom stereocenters. The normalized spacial score (nSPS) is 17.9. The van der Waals surface area contributed by atoms with E-state index < -0.39 is 19.1 Å². The van der Waals surface area contributed by atoms with Crippen molar-refractivity contribution in [1.29, 1.82) is 0 Å². The fourth-order valence-electron chi connectivity index (χ4n) is 7.69. The Morgan fingerprint density at radius 2 is 1.33 bits per heavy atom. The van der Waals surface area contributed by atoms with Gasteiger partial charge in [0.15, 0.2) is 4.96 Å². The van der Waals surface area contributed by atoms with Crippen LogP contribution >= 0.6 is 11.3 Å². The lowest BCUT2D eigenvalue weighted by molar-refractivity contribution is 0.419. The summed E-state index contributed by atoms with van der Waals surface area (Å²) in [6, 6.07) is 35.1. The number of benzene rings is 6. The molecule has 3 heterocycles. The van der Waals surface area contributed by atoms with Crippen LogP contribution in [0.2, 0.25) is 0 Å². The van der Waals surface area contributed by atoms with Crippen molar-refractivity contribution in [3.05, 3.63) is 143 Å². The lowest BCUT2D eigenvalue weighted by atomic mass is 9.74. The highest BCUT2D eigenvalue weighted by Gasteiger charge is 2.35. The van der Waals surface area contributed by atoms with Crippen LogP contribution in [-0.4, -0.2) is 9.38 Å². The first kappa shape index (κ1) is 23.2. The predicted molar refractivity (Wildman–Crippen MR) is 202 cm³/mol. The first-order valence-corrected chi connectivity index (χ1v) is 17.0. The number of hydrogen-bond acceptors (Lipinski definition) is 3. The Labute approximate surface area is 293 Å². The van der Waals surface area contributed by atoms with E-state index >= 15 is 0 Å². The summed E-state index contributed by atoms with van der Waals surface area (Å²) < 4.78 is 63.1. The Morgan fingerprint density at radius 1 is 0.667 bits per heavy atom. The van der Waals surface area contributed by atoms with Crippen molar-refractivity contribution >= 4 is 37.5 Å². The summed E-state index contributed by atoms with van der Waals surface area (Å²) in [6.07, 6.45) is 0. The molecule has 0 spiro atoms. The zero-order valence-electron chi connectivity index (χ0n) is 33.1. The van der Waals surface area contributed by atoms with E-state index in [0.717, 1.165) is 59.6 Å². The van der Waals surface area contributed by atoms with Crippen LogP contribution in [0.3, 0.4) is 0 Å². The fourth-order valence-corrected chi connectivity index (χ4v) is 8.85. The number of rotatable bonds is 3. The minimum atomic E-state index is -2.53. The second kappa shape index (κ2) is 10.4. The molecule has 6 aromatic carbocycles. The quantitative estimate of drug-likeness (QED) is 0.191. The number of aryl methyl sites for hydroxylation is 2. The van der Waals surface area contributed by atoms with Crippen molar-refractivity contribution in [3.63, 3.8) is 0 Å². The van der Waals surface area contributed by atoms with Gasteiger partial charge < -0.3 is 4.74 Å². The molecule has 234 valence electrons. The number of aromatic nitrogens is 2. The van der Waals surface area contributed by atoms with Crippen molar-refractivity contribution in [1.82, 2.24) is 9.38 Å². The highest BCUT2D eigenvalue weighted by molar-refractivity contribution is 7.24. The summed E-state index contributed by atoms with van der Waals surface area (Å²) in [5.41, 5.74) is 10.4. The third-order valence-corrected chi connectivity index (χ3v) is 11.2. The number of fused-ring (bicyclic) bond motifs is 7. The molecule has 0 bridgehead atoms. The van der Waals surface area contributed by atoms with Crippen LogP contribution in [0, 0.1) is 27.6 Å². The number of hydrogen-bond donors (Lipinski definition) is 0. The van der Waals surface area contributed by atoms with E-state index in [2.05, 4.69) is 48.6 Å². The predicted octanol–water partition coefficient (Wildman–Crippen LogP) is 12.4. The Kier molecular flexibility index (Phi) is 5.03. The van der Waals surface area contributed by atoms with E-state index in [1.807, 2.05) is 67.6 Å². The molecule has 1 aliphatic rings. The van der Waals surface area contributed by atoms with Crippen LogP contribution in [-0.2, 0) is 5.41 Å². The molecule has 4 heteroatoms. The molecule has 0 amide bonds. The first-order valence-electron chi connectivity index (χ1n) is 19.1. The number of ether oxygens (including phenoxy) is 1. The van der Waals surface area contributed by atoms with Crippen molar-refractivity contribution in [2.24, 2.45) is 0 Å². The average molecular weight is 647 g/mol. The second-order valence-electron chi connectivity index (χ2n) is 13.0. The molecule has 1 atom stereocenters. The van der Waals surface area contributed by atoms with E-state index in [0.29, 0.717) is 39.3 Å². The van der Waals surface area contributed by atoms with Crippen LogP contribution in [0.15, 0.2) is 109 Å². The van der Waals surface area contributed by atoms with Crippen LogP contribution in [0.5, 0.6) is 11.5 Å². The maximum Gasteiger partial charge on any atom is 0.195 e. The van der Waals surface area contributed by atoms with Gasteiger partial charge in [0.1, 0.15) is 11.5 Å². The summed E-state index contributed by atoms with van der Waals surface area (Å²) in [5.74, 6) is 0.811. The lowest BCUT2D eigenvalue weighted by Crippen LogP contribution is -2.24. The summed E-state index contributed by atoms with van der Waals surface area (Å²) in [4.78, 5) is 5.85. The van der Waals surface area contributed by atoms with Gasteiger partial charge in [-0.25, -0.2) is 4.98 Å². The summed E-state index contributed by atoms with van der Waals surface area (Å²) in [6.45, 7) is 2.84. The smallest absolute Gasteiger partial charge is 0.195 e. The molecule has 0 saturated carbocycles. The SMILES string of the molecule is [2H]C([2H])([2H])c1c(-c2ccc(C)c(-c3cccc4c3sc3nc5ccccc5n34)c2C)ccc(C)c1-c1cccc2c1Oc1ccccc1C2(C)C([2H])([2H])[2H]. The van der Waals surface area contributed by atoms with E-state index in [-0.39, 0.29) is 5.56 Å². The van der Waals surface area contributed by atoms with Gasteiger partial charge in [0.05, 0.1) is 21.3 Å². The van der Waals surface area contributed by atoms with Crippen molar-refractivity contribution in [2.45, 2.75) is 46.8 Å². The van der Waals surface area contributed by atoms with Crippen LogP contribution in [0.25, 0.3) is 59.6 Å². The molecular formula is C44H36N2OS. The Hall–Kier alpha value is -5.19. The van der Waals surface area contributed by atoms with Crippen molar-refractivity contribution in [3.8, 4) is 44.9 Å². The van der Waals surface area contributed by atoms with Gasteiger partial charge in [0.25, 0.3) is 0 Å². The van der Waals surface area contributed by atoms with Gasteiger partial charge >= 0.3 is 0 Å². The average Bonchev–Trinajstić information content (AvgIpc) is 3.68. The lowest BCUT2D eigenvalue weighted by Gasteiger charge is -2.35. The molecule has 9 rings (SSSR count). The number of para-hydroxylation sites is 4. The van der Waals surface area contributed by atoms with Crippen LogP contribution < -0.4 is 4.74 Å². The Bertz CT molecular complexity index is 2850. The van der Waals surface area contributed by atoms with Gasteiger partial charge in [-0.2, -0.15) is 0 Å². The molecule has 0 aliphatic carbocycles. The first-order chi connectivity index (χ1) is 25.7. The van der Waals surface area contributed by atoms with Crippen molar-refractivity contribution < 1.29 is 13.0 Å². The molecule has 3 nitrogen and oxygen atoms in total. The minimum Gasteiger partial charge on any atom is -0.456 e. The highest BCUT2D eigenvalue weighted by Crippen LogP contribution is 2.52. The molecule has 0 N–H and O–H groups in total. The zero-order chi connectivity index (χ0) is 37.9. The molecule has 1 aliphatic heterocycles. The molecule has 0 saturated heterocycles. The van der Waals surface area contributed by atoms with Gasteiger partial charge in [-0.05, 0) is 96.4 Å². The highest BCUT2D eigenvalue weighted by atomic mass is 32.1. The standard InChI is InChI=1S/C44H36N2OS/c1-25-21-23-29(27(3)39(25)31-13-11-16-34-41(31)47-38-20-10-7-15-33(38)44(34,5)6)30-24-22-26(2)40(28(30)4)32-14-12-19-37-42(32)48-43-45-35-17-8-9-18-36(35)46(37)43/h7-24H,1-6H3/i3D3,5D3. The van der Waals surface area contributed by atoms with E-state index in [1.165, 1.54) is 0 Å².